The average molecular weight is 651 g/mol. The largest absolute Gasteiger partial charge is 0.487 e. The maximum Gasteiger partial charge on any atom is 0.149 e. The highest BCUT2D eigenvalue weighted by Crippen LogP contribution is 2.34. The zero-order chi connectivity index (χ0) is 32.0. The molecular weight excluding hydrogens is 615 g/mol. The summed E-state index contributed by atoms with van der Waals surface area (Å²) in [4.78, 5) is 11.1. The van der Waals surface area contributed by atoms with Gasteiger partial charge in [0.25, 0.3) is 0 Å². The van der Waals surface area contributed by atoms with Crippen LogP contribution >= 0.6 is 11.6 Å². The number of halogens is 2. The van der Waals surface area contributed by atoms with Crippen LogP contribution in [0.25, 0.3) is 22.2 Å². The minimum atomic E-state index is -3.25. The van der Waals surface area contributed by atoms with Crippen molar-refractivity contribution in [3.63, 3.8) is 0 Å². The summed E-state index contributed by atoms with van der Waals surface area (Å²) in [6.45, 7) is 5.90. The van der Waals surface area contributed by atoms with Gasteiger partial charge >= 0.3 is 0 Å². The zero-order valence-corrected chi connectivity index (χ0v) is 27.0. The summed E-state index contributed by atoms with van der Waals surface area (Å²) in [6, 6.07) is 20.7. The van der Waals surface area contributed by atoms with Gasteiger partial charge in [0.05, 0.1) is 22.3 Å². The highest BCUT2D eigenvalue weighted by Gasteiger charge is 2.27. The summed E-state index contributed by atoms with van der Waals surface area (Å²) in [5.74, 6) is 1.95. The minimum Gasteiger partial charge on any atom is -0.487 e. The molecule has 236 valence electrons. The van der Waals surface area contributed by atoms with Crippen molar-refractivity contribution in [3.8, 4) is 17.1 Å². The van der Waals surface area contributed by atoms with E-state index in [1.54, 1.807) is 24.3 Å². The second-order valence-corrected chi connectivity index (χ2v) is 13.6. The summed E-state index contributed by atoms with van der Waals surface area (Å²) in [5.41, 5.74) is 2.93. The normalized spacial score (nSPS) is 12.5. The zero-order valence-electron chi connectivity index (χ0n) is 25.5. The topological polar surface area (TPSA) is 97.6 Å². The molecule has 11 heteroatoms. The highest BCUT2D eigenvalue weighted by atomic mass is 35.5. The summed E-state index contributed by atoms with van der Waals surface area (Å²) >= 11 is 6.52. The lowest BCUT2D eigenvalue weighted by Gasteiger charge is -2.29. The maximum atomic E-state index is 13.5. The fourth-order valence-corrected chi connectivity index (χ4v) is 6.45. The Labute approximate surface area is 268 Å². The summed E-state index contributed by atoms with van der Waals surface area (Å²) < 4.78 is 50.4. The standard InChI is InChI=1S/C34H36ClFN4O4S/c1-4-15-40(16-5-2)30(21-45(3,41)42)33-14-13-31(44-33)24-9-11-29-27(18-24)34(38-22-37-29)39-26-10-12-32(28(35)19-26)43-20-23-7-6-8-25(36)17-23/h6-14,17-19,22,30H,4-5,15-16,20-21H2,1-3H3,(H,37,38,39)/t30-/m0/s1. The molecule has 0 saturated carbocycles. The first kappa shape index (κ1) is 32.4. The molecular formula is C34H36ClFN4O4S. The third kappa shape index (κ3) is 8.39. The molecule has 2 aromatic heterocycles. The number of nitrogens with one attached hydrogen (secondary N) is 1. The van der Waals surface area contributed by atoms with Crippen molar-refractivity contribution in [1.29, 1.82) is 0 Å². The number of anilines is 2. The number of nitrogens with zero attached hydrogens (tertiary/aromatic N) is 3. The maximum absolute atomic E-state index is 13.5. The van der Waals surface area contributed by atoms with Gasteiger partial charge in [-0.25, -0.2) is 22.8 Å². The van der Waals surface area contributed by atoms with Gasteiger partial charge in [-0.1, -0.05) is 37.6 Å². The van der Waals surface area contributed by atoms with Crippen molar-refractivity contribution in [2.75, 3.05) is 30.4 Å². The Morgan fingerprint density at radius 3 is 2.51 bits per heavy atom. The van der Waals surface area contributed by atoms with Crippen LogP contribution in [0.1, 0.15) is 44.1 Å². The number of fused-ring (bicyclic) bond motifs is 1. The molecule has 0 aliphatic heterocycles. The SMILES string of the molecule is CCCN(CCC)[C@@H](CS(C)(=O)=O)c1ccc(-c2ccc3ncnc(Nc4ccc(OCc5cccc(F)c5)c(Cl)c4)c3c2)o1. The molecule has 1 atom stereocenters. The molecule has 1 N–H and O–H groups in total. The Morgan fingerprint density at radius 1 is 1.00 bits per heavy atom. The summed E-state index contributed by atoms with van der Waals surface area (Å²) in [7, 11) is -3.25. The number of hydrogen-bond donors (Lipinski definition) is 1. The van der Waals surface area contributed by atoms with Crippen LogP contribution in [0.2, 0.25) is 5.02 Å². The van der Waals surface area contributed by atoms with Crippen molar-refractivity contribution in [3.05, 3.63) is 101 Å². The molecule has 0 spiro atoms. The van der Waals surface area contributed by atoms with Gasteiger partial charge in [0.1, 0.15) is 51.7 Å². The number of sulfone groups is 1. The van der Waals surface area contributed by atoms with E-state index in [4.69, 9.17) is 20.8 Å². The molecule has 0 unspecified atom stereocenters. The molecule has 0 aliphatic rings. The van der Waals surface area contributed by atoms with Gasteiger partial charge in [0.15, 0.2) is 0 Å². The first-order valence-corrected chi connectivity index (χ1v) is 17.3. The third-order valence-electron chi connectivity index (χ3n) is 7.28. The summed E-state index contributed by atoms with van der Waals surface area (Å²) in [5, 5.41) is 4.48. The number of ether oxygens (including phenoxy) is 1. The first-order chi connectivity index (χ1) is 21.6. The molecule has 5 aromatic rings. The molecule has 8 nitrogen and oxygen atoms in total. The number of rotatable bonds is 14. The van der Waals surface area contributed by atoms with Gasteiger partial charge in [0.2, 0.25) is 0 Å². The molecule has 0 saturated heterocycles. The number of furan rings is 1. The molecule has 0 aliphatic carbocycles. The van der Waals surface area contributed by atoms with E-state index >= 15 is 0 Å². The van der Waals surface area contributed by atoms with Gasteiger partial charge < -0.3 is 14.5 Å². The Morgan fingerprint density at radius 2 is 1.80 bits per heavy atom. The molecule has 0 amide bonds. The second kappa shape index (κ2) is 14.4. The van der Waals surface area contributed by atoms with Crippen molar-refractivity contribution in [1.82, 2.24) is 14.9 Å². The third-order valence-corrected chi connectivity index (χ3v) is 8.49. The van der Waals surface area contributed by atoms with Gasteiger partial charge in [-0.05, 0) is 92.2 Å². The monoisotopic (exact) mass is 650 g/mol. The van der Waals surface area contributed by atoms with Gasteiger partial charge in [-0.15, -0.1) is 0 Å². The van der Waals surface area contributed by atoms with Crippen molar-refractivity contribution in [2.45, 2.75) is 39.3 Å². The Bertz CT molecular complexity index is 1880. The number of benzene rings is 3. The van der Waals surface area contributed by atoms with E-state index in [-0.39, 0.29) is 24.2 Å². The van der Waals surface area contributed by atoms with Gasteiger partial charge in [0, 0.05) is 22.9 Å². The van der Waals surface area contributed by atoms with E-state index < -0.39 is 9.84 Å². The fraction of sp³-hybridized carbons (Fsp3) is 0.294. The van der Waals surface area contributed by atoms with Crippen LogP contribution in [-0.4, -0.2) is 48.4 Å². The average Bonchev–Trinajstić information content (AvgIpc) is 3.49. The van der Waals surface area contributed by atoms with Crippen LogP contribution in [0.3, 0.4) is 0 Å². The lowest BCUT2D eigenvalue weighted by molar-refractivity contribution is 0.191. The Kier molecular flexibility index (Phi) is 10.4. The van der Waals surface area contributed by atoms with Gasteiger partial charge in [-0.2, -0.15) is 0 Å². The highest BCUT2D eigenvalue weighted by molar-refractivity contribution is 7.90. The molecule has 5 rings (SSSR count). The second-order valence-electron chi connectivity index (χ2n) is 11.0. The van der Waals surface area contributed by atoms with Crippen LogP contribution in [0.15, 0.2) is 83.5 Å². The van der Waals surface area contributed by atoms with E-state index in [2.05, 4.69) is 34.0 Å². The van der Waals surface area contributed by atoms with Crippen molar-refractivity contribution < 1.29 is 22.0 Å². The van der Waals surface area contributed by atoms with Crippen molar-refractivity contribution in [2.24, 2.45) is 0 Å². The quantitative estimate of drug-likeness (QED) is 0.128. The lowest BCUT2D eigenvalue weighted by atomic mass is 10.1. The predicted molar refractivity (Wildman–Crippen MR) is 177 cm³/mol. The smallest absolute Gasteiger partial charge is 0.149 e. The lowest BCUT2D eigenvalue weighted by Crippen LogP contribution is -2.34. The number of aromatic nitrogens is 2. The fourth-order valence-electron chi connectivity index (χ4n) is 5.27. The molecule has 0 fully saturated rings. The van der Waals surface area contributed by atoms with Crippen LogP contribution in [0, 0.1) is 5.82 Å². The molecule has 0 bridgehead atoms. The molecule has 2 heterocycles. The van der Waals surface area contributed by atoms with Crippen LogP contribution in [0.5, 0.6) is 5.75 Å². The van der Waals surface area contributed by atoms with E-state index in [9.17, 15) is 12.8 Å². The molecule has 45 heavy (non-hydrogen) atoms. The summed E-state index contributed by atoms with van der Waals surface area (Å²) in [6.07, 6.45) is 4.56. The molecule has 3 aromatic carbocycles. The molecule has 0 radical (unpaired) electrons. The van der Waals surface area contributed by atoms with Crippen LogP contribution in [-0.2, 0) is 16.4 Å². The van der Waals surface area contributed by atoms with Crippen LogP contribution in [0.4, 0.5) is 15.9 Å². The van der Waals surface area contributed by atoms with E-state index in [1.807, 2.05) is 36.4 Å². The minimum absolute atomic E-state index is 0.0171. The van der Waals surface area contributed by atoms with Crippen LogP contribution < -0.4 is 10.1 Å². The first-order valence-electron chi connectivity index (χ1n) is 14.8. The van der Waals surface area contributed by atoms with E-state index in [0.717, 1.165) is 42.4 Å². The Balaban J connectivity index is 1.39. The van der Waals surface area contributed by atoms with Gasteiger partial charge in [-0.3, -0.25) is 4.90 Å². The number of hydrogen-bond acceptors (Lipinski definition) is 8. The van der Waals surface area contributed by atoms with E-state index in [0.29, 0.717) is 39.4 Å². The van der Waals surface area contributed by atoms with Crippen molar-refractivity contribution >= 4 is 43.8 Å². The predicted octanol–water partition coefficient (Wildman–Crippen LogP) is 8.21. The van der Waals surface area contributed by atoms with E-state index in [1.165, 1.54) is 24.7 Å². The Hall–Kier alpha value is -3.99.